The molecule has 0 spiro atoms. The van der Waals surface area contributed by atoms with Crippen molar-refractivity contribution >= 4 is 12.1 Å². The van der Waals surface area contributed by atoms with Crippen molar-refractivity contribution in [2.75, 3.05) is 13.2 Å². The van der Waals surface area contributed by atoms with E-state index in [1.807, 2.05) is 0 Å². The minimum absolute atomic E-state index is 0.134. The van der Waals surface area contributed by atoms with Crippen LogP contribution in [-0.2, 0) is 14.3 Å². The second-order valence-electron chi connectivity index (χ2n) is 3.83. The molecule has 0 fully saturated rings. The Bertz CT molecular complexity index is 242. The molecule has 0 unspecified atom stereocenters. The monoisotopic (exact) mass is 215 g/mol. The van der Waals surface area contributed by atoms with Crippen molar-refractivity contribution < 1.29 is 19.1 Å². The second-order valence-corrected chi connectivity index (χ2v) is 3.83. The third-order valence-corrected chi connectivity index (χ3v) is 1.14. The Morgan fingerprint density at radius 1 is 1.40 bits per heavy atom. The van der Waals surface area contributed by atoms with Crippen LogP contribution in [0.25, 0.3) is 0 Å². The predicted octanol–water partition coefficient (Wildman–Crippen LogP) is 1.24. The zero-order valence-corrected chi connectivity index (χ0v) is 9.33. The molecule has 1 N–H and O–H groups in total. The van der Waals surface area contributed by atoms with Gasteiger partial charge in [-0.2, -0.15) is 0 Å². The summed E-state index contributed by atoms with van der Waals surface area (Å²) in [5.74, 6) is -0.527. The third-order valence-electron chi connectivity index (χ3n) is 1.14. The molecular formula is C10H17NO4. The van der Waals surface area contributed by atoms with Crippen molar-refractivity contribution in [3.63, 3.8) is 0 Å². The Morgan fingerprint density at radius 2 is 2.00 bits per heavy atom. The van der Waals surface area contributed by atoms with Gasteiger partial charge in [0.05, 0.1) is 0 Å². The predicted molar refractivity (Wildman–Crippen MR) is 55.4 cm³/mol. The first kappa shape index (κ1) is 13.5. The van der Waals surface area contributed by atoms with Gasteiger partial charge in [0.15, 0.2) is 0 Å². The molecule has 0 saturated heterocycles. The van der Waals surface area contributed by atoms with Gasteiger partial charge in [0.25, 0.3) is 0 Å². The second kappa shape index (κ2) is 6.06. The van der Waals surface area contributed by atoms with Gasteiger partial charge in [0, 0.05) is 0 Å². The van der Waals surface area contributed by atoms with Gasteiger partial charge in [0.2, 0.25) is 0 Å². The molecular weight excluding hydrogens is 198 g/mol. The average molecular weight is 215 g/mol. The van der Waals surface area contributed by atoms with Crippen LogP contribution in [0.5, 0.6) is 0 Å². The van der Waals surface area contributed by atoms with Gasteiger partial charge in [-0.05, 0) is 20.8 Å². The molecule has 0 aromatic rings. The zero-order chi connectivity index (χ0) is 11.9. The quantitative estimate of drug-likeness (QED) is 0.566. The maximum absolute atomic E-state index is 11.1. The standard InChI is InChI=1S/C10H17NO4/c1-5-6-14-8(12)7-11-9(13)15-10(2,3)4/h5H,1,6-7H2,2-4H3,(H,11,13). The van der Waals surface area contributed by atoms with Crippen LogP contribution in [0.4, 0.5) is 4.79 Å². The van der Waals surface area contributed by atoms with Gasteiger partial charge in [-0.1, -0.05) is 12.7 Å². The fraction of sp³-hybridized carbons (Fsp3) is 0.600. The van der Waals surface area contributed by atoms with E-state index < -0.39 is 17.7 Å². The molecule has 0 bridgehead atoms. The summed E-state index contributed by atoms with van der Waals surface area (Å²) in [5, 5.41) is 2.28. The van der Waals surface area contributed by atoms with Crippen LogP contribution in [0.3, 0.4) is 0 Å². The lowest BCUT2D eigenvalue weighted by atomic mass is 10.2. The number of carbonyl (C=O) groups is 2. The summed E-state index contributed by atoms with van der Waals surface area (Å²) in [6, 6.07) is 0. The topological polar surface area (TPSA) is 64.6 Å². The Balaban J connectivity index is 3.71. The van der Waals surface area contributed by atoms with Gasteiger partial charge in [-0.15, -0.1) is 0 Å². The van der Waals surface area contributed by atoms with Crippen molar-refractivity contribution in [3.05, 3.63) is 12.7 Å². The lowest BCUT2D eigenvalue weighted by Gasteiger charge is -2.19. The number of alkyl carbamates (subject to hydrolysis) is 1. The minimum atomic E-state index is -0.641. The van der Waals surface area contributed by atoms with Crippen molar-refractivity contribution in [2.45, 2.75) is 26.4 Å². The summed E-state index contributed by atoms with van der Waals surface area (Å²) in [5.41, 5.74) is -0.574. The van der Waals surface area contributed by atoms with E-state index in [9.17, 15) is 9.59 Å². The number of carbonyl (C=O) groups excluding carboxylic acids is 2. The number of hydrogen-bond donors (Lipinski definition) is 1. The third kappa shape index (κ3) is 8.80. The summed E-state index contributed by atoms with van der Waals surface area (Å²) < 4.78 is 9.56. The van der Waals surface area contributed by atoms with E-state index in [4.69, 9.17) is 4.74 Å². The summed E-state index contributed by atoms with van der Waals surface area (Å²) in [6.45, 7) is 8.53. The minimum Gasteiger partial charge on any atom is -0.460 e. The maximum Gasteiger partial charge on any atom is 0.408 e. The molecule has 1 amide bonds. The Kier molecular flexibility index (Phi) is 5.44. The zero-order valence-electron chi connectivity index (χ0n) is 9.33. The van der Waals surface area contributed by atoms with Gasteiger partial charge >= 0.3 is 12.1 Å². The van der Waals surface area contributed by atoms with Gasteiger partial charge in [-0.3, -0.25) is 4.79 Å². The molecule has 0 aliphatic carbocycles. The molecule has 0 aromatic heterocycles. The van der Waals surface area contributed by atoms with Crippen LogP contribution in [0, 0.1) is 0 Å². The molecule has 0 aromatic carbocycles. The Hall–Kier alpha value is -1.52. The first-order valence-electron chi connectivity index (χ1n) is 4.58. The molecule has 5 nitrogen and oxygen atoms in total. The molecule has 0 saturated carbocycles. The number of rotatable bonds is 4. The van der Waals surface area contributed by atoms with E-state index in [0.29, 0.717) is 0 Å². The highest BCUT2D eigenvalue weighted by Gasteiger charge is 2.16. The van der Waals surface area contributed by atoms with Gasteiger partial charge in [0.1, 0.15) is 18.8 Å². The Morgan fingerprint density at radius 3 is 2.47 bits per heavy atom. The van der Waals surface area contributed by atoms with E-state index in [1.54, 1.807) is 20.8 Å². The molecule has 0 rings (SSSR count). The van der Waals surface area contributed by atoms with Crippen LogP contribution in [0.15, 0.2) is 12.7 Å². The largest absolute Gasteiger partial charge is 0.460 e. The fourth-order valence-corrected chi connectivity index (χ4v) is 0.661. The maximum atomic E-state index is 11.1. The molecule has 0 atom stereocenters. The van der Waals surface area contributed by atoms with E-state index in [2.05, 4.69) is 16.6 Å². The molecule has 15 heavy (non-hydrogen) atoms. The molecule has 5 heteroatoms. The highest BCUT2D eigenvalue weighted by atomic mass is 16.6. The lowest BCUT2D eigenvalue weighted by Crippen LogP contribution is -2.36. The average Bonchev–Trinajstić information content (AvgIpc) is 2.08. The summed E-state index contributed by atoms with van der Waals surface area (Å²) in [7, 11) is 0. The highest BCUT2D eigenvalue weighted by molar-refractivity contribution is 5.78. The van der Waals surface area contributed by atoms with Crippen molar-refractivity contribution in [3.8, 4) is 0 Å². The first-order valence-corrected chi connectivity index (χ1v) is 4.58. The smallest absolute Gasteiger partial charge is 0.408 e. The number of ether oxygens (including phenoxy) is 2. The van der Waals surface area contributed by atoms with Crippen molar-refractivity contribution in [2.24, 2.45) is 0 Å². The number of hydrogen-bond acceptors (Lipinski definition) is 4. The normalized spacial score (nSPS) is 10.3. The highest BCUT2D eigenvalue weighted by Crippen LogP contribution is 2.05. The SMILES string of the molecule is C=CCOC(=O)CNC(=O)OC(C)(C)C. The van der Waals surface area contributed by atoms with Crippen molar-refractivity contribution in [1.29, 1.82) is 0 Å². The van der Waals surface area contributed by atoms with E-state index in [-0.39, 0.29) is 13.2 Å². The van der Waals surface area contributed by atoms with Crippen LogP contribution < -0.4 is 5.32 Å². The van der Waals surface area contributed by atoms with Crippen LogP contribution in [0.1, 0.15) is 20.8 Å². The van der Waals surface area contributed by atoms with Crippen LogP contribution in [-0.4, -0.2) is 30.8 Å². The van der Waals surface area contributed by atoms with Crippen LogP contribution >= 0.6 is 0 Å². The van der Waals surface area contributed by atoms with Crippen molar-refractivity contribution in [1.82, 2.24) is 5.32 Å². The van der Waals surface area contributed by atoms with Gasteiger partial charge in [-0.25, -0.2) is 4.79 Å². The van der Waals surface area contributed by atoms with Gasteiger partial charge < -0.3 is 14.8 Å². The fourth-order valence-electron chi connectivity index (χ4n) is 0.661. The number of amides is 1. The molecule has 0 heterocycles. The van der Waals surface area contributed by atoms with Crippen LogP contribution in [0.2, 0.25) is 0 Å². The molecule has 0 aliphatic heterocycles. The summed E-state index contributed by atoms with van der Waals surface area (Å²) in [4.78, 5) is 22.0. The molecule has 0 radical (unpaired) electrons. The summed E-state index contributed by atoms with van der Waals surface area (Å²) >= 11 is 0. The van der Waals surface area contributed by atoms with E-state index in [1.165, 1.54) is 6.08 Å². The Labute approximate surface area is 89.4 Å². The van der Waals surface area contributed by atoms with E-state index >= 15 is 0 Å². The van der Waals surface area contributed by atoms with E-state index in [0.717, 1.165) is 0 Å². The lowest BCUT2D eigenvalue weighted by molar-refractivity contribution is -0.141. The molecule has 86 valence electrons. The summed E-state index contributed by atoms with van der Waals surface area (Å²) in [6.07, 6.45) is 0.809. The first-order chi connectivity index (χ1) is 6.85. The number of esters is 1. The number of nitrogens with one attached hydrogen (secondary N) is 1. The molecule has 0 aliphatic rings.